The summed E-state index contributed by atoms with van der Waals surface area (Å²) in [6.45, 7) is 4.14. The highest BCUT2D eigenvalue weighted by molar-refractivity contribution is 7.09. The van der Waals surface area contributed by atoms with Crippen molar-refractivity contribution < 1.29 is 4.84 Å². The molecular weight excluding hydrogens is 174 g/mol. The molecule has 0 bridgehead atoms. The number of hydrogen-bond acceptors (Lipinski definition) is 5. The van der Waals surface area contributed by atoms with Crippen LogP contribution in [0.2, 0.25) is 0 Å². The molecule has 0 spiro atoms. The van der Waals surface area contributed by atoms with Crippen LogP contribution in [0.5, 0.6) is 0 Å². The van der Waals surface area contributed by atoms with Crippen molar-refractivity contribution in [2.24, 2.45) is 0 Å². The maximum Gasteiger partial charge on any atom is 0.229 e. The van der Waals surface area contributed by atoms with Crippen molar-refractivity contribution in [2.75, 3.05) is 19.2 Å². The van der Waals surface area contributed by atoms with Gasteiger partial charge in [0.2, 0.25) is 5.13 Å². The van der Waals surface area contributed by atoms with Crippen LogP contribution in [-0.2, 0) is 4.84 Å². The fraction of sp³-hybridized carbons (Fsp3) is 0.714. The Balaban J connectivity index is 2.77. The lowest BCUT2D eigenvalue weighted by atomic mass is 10.2. The molecular formula is C7H13N3OS. The molecule has 0 N–H and O–H groups in total. The molecule has 0 aliphatic carbocycles. The summed E-state index contributed by atoms with van der Waals surface area (Å²) in [4.78, 5) is 9.26. The summed E-state index contributed by atoms with van der Waals surface area (Å²) in [5, 5.41) is 2.39. The molecule has 0 radical (unpaired) electrons. The number of hydroxylamine groups is 1. The quantitative estimate of drug-likeness (QED) is 0.674. The summed E-state index contributed by atoms with van der Waals surface area (Å²) < 4.78 is 4.19. The minimum Gasteiger partial charge on any atom is -0.275 e. The van der Waals surface area contributed by atoms with E-state index in [0.29, 0.717) is 5.92 Å². The smallest absolute Gasteiger partial charge is 0.229 e. The average Bonchev–Trinajstić information content (AvgIpc) is 2.51. The zero-order chi connectivity index (χ0) is 9.14. The molecule has 12 heavy (non-hydrogen) atoms. The summed E-state index contributed by atoms with van der Waals surface area (Å²) in [6, 6.07) is 0. The third-order valence-corrected chi connectivity index (χ3v) is 2.28. The van der Waals surface area contributed by atoms with Gasteiger partial charge >= 0.3 is 0 Å². The molecule has 0 unspecified atom stereocenters. The van der Waals surface area contributed by atoms with Gasteiger partial charge in [-0.3, -0.25) is 4.84 Å². The maximum absolute atomic E-state index is 4.97. The molecule has 0 saturated carbocycles. The Bertz CT molecular complexity index is 249. The van der Waals surface area contributed by atoms with Gasteiger partial charge in [0, 0.05) is 24.5 Å². The SMILES string of the molecule is CON(C)c1nc(C(C)C)ns1. The van der Waals surface area contributed by atoms with Crippen molar-refractivity contribution in [2.45, 2.75) is 19.8 Å². The van der Waals surface area contributed by atoms with Crippen LogP contribution in [0, 0.1) is 0 Å². The molecule has 1 aromatic rings. The summed E-state index contributed by atoms with van der Waals surface area (Å²) in [5.41, 5.74) is 0. The highest BCUT2D eigenvalue weighted by Crippen LogP contribution is 2.19. The monoisotopic (exact) mass is 187 g/mol. The topological polar surface area (TPSA) is 38.2 Å². The van der Waals surface area contributed by atoms with Crippen molar-refractivity contribution in [1.82, 2.24) is 9.36 Å². The minimum absolute atomic E-state index is 0.375. The first-order chi connectivity index (χ1) is 5.65. The van der Waals surface area contributed by atoms with E-state index in [2.05, 4.69) is 23.2 Å². The van der Waals surface area contributed by atoms with Crippen LogP contribution in [0.3, 0.4) is 0 Å². The third kappa shape index (κ3) is 1.92. The lowest BCUT2D eigenvalue weighted by Gasteiger charge is -2.09. The van der Waals surface area contributed by atoms with E-state index in [-0.39, 0.29) is 0 Å². The van der Waals surface area contributed by atoms with Crippen LogP contribution in [0.1, 0.15) is 25.6 Å². The van der Waals surface area contributed by atoms with Gasteiger partial charge < -0.3 is 0 Å². The first kappa shape index (κ1) is 9.41. The molecule has 1 rings (SSSR count). The van der Waals surface area contributed by atoms with Gasteiger partial charge in [-0.2, -0.15) is 4.37 Å². The number of aromatic nitrogens is 2. The van der Waals surface area contributed by atoms with Crippen LogP contribution in [-0.4, -0.2) is 23.5 Å². The summed E-state index contributed by atoms with van der Waals surface area (Å²) >= 11 is 1.35. The molecule has 1 heterocycles. The Hall–Kier alpha value is -0.680. The fourth-order valence-electron chi connectivity index (χ4n) is 0.667. The summed E-state index contributed by atoms with van der Waals surface area (Å²) in [6.07, 6.45) is 0. The van der Waals surface area contributed by atoms with Gasteiger partial charge in [-0.05, 0) is 0 Å². The second-order valence-electron chi connectivity index (χ2n) is 2.77. The third-order valence-electron chi connectivity index (χ3n) is 1.49. The van der Waals surface area contributed by atoms with Crippen LogP contribution in [0.4, 0.5) is 5.13 Å². The van der Waals surface area contributed by atoms with Gasteiger partial charge in [-0.25, -0.2) is 10.0 Å². The molecule has 0 aliphatic heterocycles. The predicted molar refractivity (Wildman–Crippen MR) is 49.4 cm³/mol. The van der Waals surface area contributed by atoms with Crippen LogP contribution in [0.15, 0.2) is 0 Å². The Morgan fingerprint density at radius 2 is 2.17 bits per heavy atom. The van der Waals surface area contributed by atoms with Crippen molar-refractivity contribution in [3.63, 3.8) is 0 Å². The van der Waals surface area contributed by atoms with E-state index >= 15 is 0 Å². The molecule has 68 valence electrons. The minimum atomic E-state index is 0.375. The zero-order valence-electron chi connectivity index (χ0n) is 7.74. The van der Waals surface area contributed by atoms with Crippen LogP contribution >= 0.6 is 11.5 Å². The molecule has 0 amide bonds. The van der Waals surface area contributed by atoms with Gasteiger partial charge in [-0.1, -0.05) is 13.8 Å². The second-order valence-corrected chi connectivity index (χ2v) is 3.50. The molecule has 5 heteroatoms. The molecule has 0 aromatic carbocycles. The number of rotatable bonds is 3. The summed E-state index contributed by atoms with van der Waals surface area (Å²) in [7, 11) is 3.42. The van der Waals surface area contributed by atoms with E-state index < -0.39 is 0 Å². The van der Waals surface area contributed by atoms with E-state index in [9.17, 15) is 0 Å². The van der Waals surface area contributed by atoms with Crippen molar-refractivity contribution >= 4 is 16.7 Å². The predicted octanol–water partition coefficient (Wildman–Crippen LogP) is 1.66. The van der Waals surface area contributed by atoms with Crippen LogP contribution in [0.25, 0.3) is 0 Å². The molecule has 4 nitrogen and oxygen atoms in total. The highest BCUT2D eigenvalue weighted by Gasteiger charge is 2.09. The van der Waals surface area contributed by atoms with Crippen molar-refractivity contribution in [1.29, 1.82) is 0 Å². The molecule has 0 aliphatic rings. The van der Waals surface area contributed by atoms with E-state index in [4.69, 9.17) is 4.84 Å². The Morgan fingerprint density at radius 1 is 1.50 bits per heavy atom. The number of nitrogens with zero attached hydrogens (tertiary/aromatic N) is 3. The standard InChI is InChI=1S/C7H13N3OS/c1-5(2)6-8-7(12-9-6)10(3)11-4/h5H,1-4H3. The van der Waals surface area contributed by atoms with Crippen molar-refractivity contribution in [3.8, 4) is 0 Å². The normalized spacial score (nSPS) is 10.8. The Kier molecular flexibility index (Phi) is 2.99. The second kappa shape index (κ2) is 3.82. The first-order valence-corrected chi connectivity index (χ1v) is 4.54. The van der Waals surface area contributed by atoms with Gasteiger partial charge in [0.15, 0.2) is 0 Å². The first-order valence-electron chi connectivity index (χ1n) is 3.76. The summed E-state index contributed by atoms with van der Waals surface area (Å²) in [5.74, 6) is 1.25. The molecule has 0 fully saturated rings. The van der Waals surface area contributed by atoms with E-state index in [0.717, 1.165) is 11.0 Å². The molecule has 0 atom stereocenters. The van der Waals surface area contributed by atoms with Crippen molar-refractivity contribution in [3.05, 3.63) is 5.82 Å². The largest absolute Gasteiger partial charge is 0.275 e. The van der Waals surface area contributed by atoms with E-state index in [1.807, 2.05) is 7.05 Å². The van der Waals surface area contributed by atoms with E-state index in [1.165, 1.54) is 11.5 Å². The maximum atomic E-state index is 4.97. The van der Waals surface area contributed by atoms with Gasteiger partial charge in [-0.15, -0.1) is 0 Å². The van der Waals surface area contributed by atoms with Gasteiger partial charge in [0.1, 0.15) is 5.82 Å². The lowest BCUT2D eigenvalue weighted by molar-refractivity contribution is 0.184. The van der Waals surface area contributed by atoms with Gasteiger partial charge in [0.05, 0.1) is 7.11 Å². The Morgan fingerprint density at radius 3 is 2.58 bits per heavy atom. The van der Waals surface area contributed by atoms with Crippen LogP contribution < -0.4 is 5.06 Å². The number of hydrogen-bond donors (Lipinski definition) is 0. The average molecular weight is 187 g/mol. The number of anilines is 1. The van der Waals surface area contributed by atoms with Gasteiger partial charge in [0.25, 0.3) is 0 Å². The van der Waals surface area contributed by atoms with E-state index in [1.54, 1.807) is 12.2 Å². The molecule has 1 aromatic heterocycles. The highest BCUT2D eigenvalue weighted by atomic mass is 32.1. The zero-order valence-corrected chi connectivity index (χ0v) is 8.55. The fourth-order valence-corrected chi connectivity index (χ4v) is 1.42. The Labute approximate surface area is 76.3 Å². The lowest BCUT2D eigenvalue weighted by Crippen LogP contribution is -2.14. The molecule has 0 saturated heterocycles.